The fraction of sp³-hybridized carbons (Fsp3) is 0.571. The first kappa shape index (κ1) is 120. The Bertz CT molecular complexity index is 5160. The van der Waals surface area contributed by atoms with Crippen LogP contribution < -0.4 is 102 Å². The van der Waals surface area contributed by atoms with Gasteiger partial charge in [-0.05, 0) is 235 Å². The maximum absolute atomic E-state index is 14.1. The van der Waals surface area contributed by atoms with Gasteiger partial charge in [-0.3, -0.25) is 29.8 Å². The van der Waals surface area contributed by atoms with E-state index in [0.717, 1.165) is 48.2 Å². The van der Waals surface area contributed by atoms with E-state index >= 15 is 0 Å². The maximum atomic E-state index is 14.1. The van der Waals surface area contributed by atoms with Crippen molar-refractivity contribution >= 4 is 82.0 Å². The number of nitrogens with one attached hydrogen (secondary N) is 5. The minimum absolute atomic E-state index is 0.00220. The lowest BCUT2D eigenvalue weighted by Crippen LogP contribution is -2.46. The SMILES string of the molecule is CC(C)(C)OC(=O)Nc1ccc2c(c1)OCCOCCOCCOc1cc(NC(=O)OC(C)(C)C)ccc1OCCOCCOCCO2.COc1cc2cc(OC)c1OCCCCOc1c(OC)cc(cc1OC)C1(CCN(C(=O)CCNC(=O)C(Cl)(Cl)Cl)CC1)c1cc(OC)c(c(OC)c1)OCCCCOc1c(OC)cc(cc1OC)C21CCN(C(=O)CCNC(=O)CCCCNCc2cc(C(C)(C)C)cc(C(C)(C)C)c2)CC1. The summed E-state index contributed by atoms with van der Waals surface area (Å²) in [5, 5.41) is 14.5. The highest BCUT2D eigenvalue weighted by Gasteiger charge is 2.45. The molecule has 2 spiro atoms. The minimum Gasteiger partial charge on any atom is -0.493 e. The van der Waals surface area contributed by atoms with Crippen LogP contribution in [0.3, 0.4) is 0 Å². The zero-order chi connectivity index (χ0) is 109. The molecule has 0 radical (unpaired) electrons. The fourth-order valence-corrected chi connectivity index (χ4v) is 17.8. The van der Waals surface area contributed by atoms with Gasteiger partial charge >= 0.3 is 12.2 Å². The molecule has 2 saturated heterocycles. The van der Waals surface area contributed by atoms with Gasteiger partial charge in [0.1, 0.15) is 37.6 Å². The van der Waals surface area contributed by atoms with Gasteiger partial charge in [0.2, 0.25) is 40.7 Å². The summed E-state index contributed by atoms with van der Waals surface area (Å²) in [6, 6.07) is 32.8. The topological polar surface area (TPSA) is 372 Å². The molecule has 0 atom stereocenters. The molecule has 6 amide bonds. The number of carbonyl (C=O) groups excluding carboxylic acids is 6. The largest absolute Gasteiger partial charge is 0.493 e. The summed E-state index contributed by atoms with van der Waals surface area (Å²) < 4.78 is 130. The number of halogens is 3. The molecule has 0 saturated carbocycles. The van der Waals surface area contributed by atoms with E-state index in [1.165, 1.54) is 16.7 Å². The van der Waals surface area contributed by atoms with E-state index in [2.05, 4.69) is 86.3 Å². The number of piperidine rings is 2. The molecular formula is C112H156Cl3N7O28. The minimum atomic E-state index is -2.16. The van der Waals surface area contributed by atoms with Crippen molar-refractivity contribution in [3.05, 3.63) is 142 Å². The number of likely N-dealkylation sites (tertiary alicyclic amines) is 2. The van der Waals surface area contributed by atoms with Crippen LogP contribution in [0.2, 0.25) is 0 Å². The Kier molecular flexibility index (Phi) is 46.3. The molecule has 13 heterocycles. The van der Waals surface area contributed by atoms with Crippen molar-refractivity contribution in [2.75, 3.05) is 219 Å². The number of ether oxygens (including phenoxy) is 22. The highest BCUT2D eigenvalue weighted by molar-refractivity contribution is 6.76. The average Bonchev–Trinajstić information content (AvgIpc) is 0.743. The monoisotopic (exact) mass is 2150 g/mol. The summed E-state index contributed by atoms with van der Waals surface area (Å²) in [5.74, 6) is 6.07. The number of benzene rings is 7. The van der Waals surface area contributed by atoms with Gasteiger partial charge in [-0.1, -0.05) is 94.5 Å². The quantitative estimate of drug-likeness (QED) is 0.0293. The van der Waals surface area contributed by atoms with Crippen LogP contribution in [0.1, 0.15) is 205 Å². The lowest BCUT2D eigenvalue weighted by molar-refractivity contribution is -0.133. The van der Waals surface area contributed by atoms with Crippen molar-refractivity contribution in [3.63, 3.8) is 0 Å². The third-order valence-electron chi connectivity index (χ3n) is 25.5. The number of nitrogens with zero attached hydrogens (tertiary/aromatic N) is 2. The van der Waals surface area contributed by atoms with Crippen LogP contribution in [-0.2, 0) is 75.8 Å². The van der Waals surface area contributed by atoms with E-state index in [4.69, 9.17) is 139 Å². The van der Waals surface area contributed by atoms with Crippen LogP contribution in [0.15, 0.2) is 103 Å². The highest BCUT2D eigenvalue weighted by Crippen LogP contribution is 2.55. The Morgan fingerprint density at radius 1 is 0.340 bits per heavy atom. The molecule has 7 aromatic rings. The molecule has 13 aliphatic heterocycles. The standard InChI is InChI=1S/C78H106Cl3N5O16.C34H50N2O12/c1-74(2,3)52-39-51(40-53(41-52)75(4,5)6)50-82-28-16-15-21-66(87)83-29-22-67(88)85-31-24-76(25-32-85)54-42-58(91-7)69(59(43-54)92-8)99-35-17-19-37-101-71-62(95-11)46-56(47-63(71)96-12)77(26-33-86(34-27-77)68(89)23-30-84-73(90)78(79,80)81)57-48-64(97-13)72(65(49-57)98-14)102-38-20-18-36-100-70-60(93-9)44-55(76)45-61(70)94-10;1-33(2,3)47-31(37)35-25-7-9-27-29(23-25)45-21-17-41-13-14-42-18-22-46-30-24-26(36-32(38)48-34(4,5)6)8-10-28(30)44-20-16-40-12-11-39-15-19-43-27/h39-49,82H,15-38,50H2,1-14H3,(H,83,87)(H,84,90);7-10,23-24H,11-22H2,1-6H3,(H,35,37)(H,36,38). The van der Waals surface area contributed by atoms with Gasteiger partial charge in [-0.2, -0.15) is 0 Å². The van der Waals surface area contributed by atoms with Gasteiger partial charge in [-0.15, -0.1) is 0 Å². The van der Waals surface area contributed by atoms with E-state index in [1.54, 1.807) is 140 Å². The smallest absolute Gasteiger partial charge is 0.412 e. The van der Waals surface area contributed by atoms with Crippen LogP contribution in [-0.4, -0.2) is 269 Å². The fourth-order valence-electron chi connectivity index (χ4n) is 17.6. The van der Waals surface area contributed by atoms with Crippen LogP contribution in [0.5, 0.6) is 92.0 Å². The first-order valence-electron chi connectivity index (χ1n) is 51.3. The van der Waals surface area contributed by atoms with Crippen LogP contribution in [0, 0.1) is 0 Å². The molecule has 13 aliphatic rings. The molecule has 0 aliphatic carbocycles. The number of unbranched alkanes of at least 4 members (excludes halogenated alkanes) is 1. The zero-order valence-electron chi connectivity index (χ0n) is 90.9. The third-order valence-corrected chi connectivity index (χ3v) is 26.0. The summed E-state index contributed by atoms with van der Waals surface area (Å²) in [6.07, 6.45) is 5.19. The molecular weight excluding hydrogens is 2000 g/mol. The number of amides is 6. The number of hydrogen-bond donors (Lipinski definition) is 5. The number of alkyl halides is 3. The molecule has 828 valence electrons. The Hall–Kier alpha value is -11.6. The molecule has 0 aromatic heterocycles. The van der Waals surface area contributed by atoms with E-state index < -0.39 is 43.9 Å². The normalized spacial score (nSPS) is 16.0. The lowest BCUT2D eigenvalue weighted by Gasteiger charge is -2.43. The van der Waals surface area contributed by atoms with Crippen LogP contribution in [0.25, 0.3) is 0 Å². The van der Waals surface area contributed by atoms with Crippen molar-refractivity contribution in [1.29, 1.82) is 0 Å². The predicted molar refractivity (Wildman–Crippen MR) is 575 cm³/mol. The van der Waals surface area contributed by atoms with Gasteiger partial charge in [0, 0.05) is 99.4 Å². The average molecular weight is 2150 g/mol. The van der Waals surface area contributed by atoms with Crippen molar-refractivity contribution in [2.45, 2.75) is 210 Å². The number of hydrogen-bond acceptors (Lipinski definition) is 29. The Morgan fingerprint density at radius 2 is 0.640 bits per heavy atom. The molecule has 8 bridgehead atoms. The van der Waals surface area contributed by atoms with Crippen molar-refractivity contribution in [2.24, 2.45) is 0 Å². The van der Waals surface area contributed by atoms with Gasteiger partial charge in [-0.25, -0.2) is 9.59 Å². The van der Waals surface area contributed by atoms with Gasteiger partial charge in [0.25, 0.3) is 9.70 Å². The van der Waals surface area contributed by atoms with Crippen LogP contribution in [0.4, 0.5) is 21.0 Å². The second kappa shape index (κ2) is 57.8. The molecule has 150 heavy (non-hydrogen) atoms. The summed E-state index contributed by atoms with van der Waals surface area (Å²) in [5.41, 5.74) is 5.63. The number of rotatable bonds is 23. The first-order valence-corrected chi connectivity index (χ1v) is 52.4. The van der Waals surface area contributed by atoms with E-state index in [-0.39, 0.29) is 107 Å². The van der Waals surface area contributed by atoms with Gasteiger partial charge in [0.05, 0.1) is 136 Å². The Balaban J connectivity index is 0.000000399. The van der Waals surface area contributed by atoms with Crippen LogP contribution >= 0.6 is 34.8 Å². The van der Waals surface area contributed by atoms with Crippen molar-refractivity contribution in [3.8, 4) is 92.0 Å². The van der Waals surface area contributed by atoms with Gasteiger partial charge < -0.3 is 130 Å². The lowest BCUT2D eigenvalue weighted by atomic mass is 9.67. The number of methoxy groups -OCH3 is 8. The third kappa shape index (κ3) is 36.1. The number of carbonyl (C=O) groups is 6. The second-order valence-corrected chi connectivity index (χ2v) is 42.9. The molecule has 35 nitrogen and oxygen atoms in total. The Labute approximate surface area is 898 Å². The molecule has 7 aromatic carbocycles. The van der Waals surface area contributed by atoms with Gasteiger partial charge in [0.15, 0.2) is 69.0 Å². The number of anilines is 2. The summed E-state index contributed by atoms with van der Waals surface area (Å²) in [4.78, 5) is 81.3. The first-order chi connectivity index (χ1) is 71.6. The highest BCUT2D eigenvalue weighted by atomic mass is 35.6. The summed E-state index contributed by atoms with van der Waals surface area (Å²) in [7, 11) is 12.7. The van der Waals surface area contributed by atoms with E-state index in [1.807, 2.05) is 53.4 Å². The molecule has 2 fully saturated rings. The number of fused-ring (bicyclic) bond motifs is 2. The Morgan fingerprint density at radius 3 is 0.933 bits per heavy atom. The van der Waals surface area contributed by atoms with Crippen molar-refractivity contribution < 1.29 is 133 Å². The molecule has 0 unspecified atom stereocenters. The molecule has 20 rings (SSSR count). The zero-order valence-corrected chi connectivity index (χ0v) is 93.2. The second-order valence-electron chi connectivity index (χ2n) is 40.6. The molecule has 38 heteroatoms. The summed E-state index contributed by atoms with van der Waals surface area (Å²) >= 11 is 17.3. The summed E-state index contributed by atoms with van der Waals surface area (Å²) in [6.45, 7) is 32.3. The predicted octanol–water partition coefficient (Wildman–Crippen LogP) is 19.0. The van der Waals surface area contributed by atoms with E-state index in [9.17, 15) is 28.8 Å². The molecule has 5 N–H and O–H groups in total. The maximum Gasteiger partial charge on any atom is 0.412 e. The van der Waals surface area contributed by atoms with Crippen molar-refractivity contribution in [1.82, 2.24) is 25.8 Å². The van der Waals surface area contributed by atoms with E-state index in [0.29, 0.717) is 240 Å².